The summed E-state index contributed by atoms with van der Waals surface area (Å²) in [5, 5.41) is 9.57. The maximum atomic E-state index is 13.1. The average molecular weight is 442 g/mol. The van der Waals surface area contributed by atoms with Crippen LogP contribution in [0.2, 0.25) is 0 Å². The van der Waals surface area contributed by atoms with Crippen LogP contribution in [0.4, 0.5) is 26.3 Å². The highest BCUT2D eigenvalue weighted by molar-refractivity contribution is 5.69. The van der Waals surface area contributed by atoms with E-state index in [1.165, 1.54) is 17.9 Å². The second-order valence-electron chi connectivity index (χ2n) is 7.76. The van der Waals surface area contributed by atoms with Crippen molar-refractivity contribution in [3.05, 3.63) is 27.2 Å². The third-order valence-electron chi connectivity index (χ3n) is 5.94. The van der Waals surface area contributed by atoms with E-state index in [9.17, 15) is 41.0 Å². The summed E-state index contributed by atoms with van der Waals surface area (Å²) in [5.41, 5.74) is -5.75. The summed E-state index contributed by atoms with van der Waals surface area (Å²) < 4.78 is 81.9. The van der Waals surface area contributed by atoms with E-state index in [4.69, 9.17) is 0 Å². The Morgan fingerprint density at radius 3 is 2.07 bits per heavy atom. The number of hydrogen-bond donors (Lipinski definition) is 1. The Morgan fingerprint density at radius 1 is 1.03 bits per heavy atom. The molecule has 0 atom stereocenters. The molecule has 0 unspecified atom stereocenters. The van der Waals surface area contributed by atoms with E-state index in [-0.39, 0.29) is 30.6 Å². The van der Waals surface area contributed by atoms with Crippen LogP contribution >= 0.6 is 0 Å². The lowest BCUT2D eigenvalue weighted by molar-refractivity contribution is -0.387. The SMILES string of the molecule is Cn1cnc2c1c(=O)n(CC1CCC(C(O)(C(F)(F)F)C(F)(F)F)CC1)c(=O)n2C. The number of halogens is 6. The van der Waals surface area contributed by atoms with Gasteiger partial charge in [-0.2, -0.15) is 26.3 Å². The standard InChI is InChI=1S/C17H20F6N4O3/c1-25-8-24-12-11(25)13(28)27(14(29)26(12)2)7-9-3-5-10(6-4-9)15(30,16(18,19)20)17(21,22)23/h8-10,30H,3-7H2,1-2H3. The maximum Gasteiger partial charge on any atom is 0.426 e. The van der Waals surface area contributed by atoms with E-state index >= 15 is 0 Å². The van der Waals surface area contributed by atoms with Gasteiger partial charge in [0.2, 0.25) is 0 Å². The Bertz CT molecular complexity index is 1040. The molecule has 2 aromatic rings. The molecule has 0 aliphatic heterocycles. The van der Waals surface area contributed by atoms with Gasteiger partial charge in [0.15, 0.2) is 11.2 Å². The highest BCUT2D eigenvalue weighted by Gasteiger charge is 2.73. The molecule has 168 valence electrons. The maximum absolute atomic E-state index is 13.1. The van der Waals surface area contributed by atoms with E-state index in [1.807, 2.05) is 0 Å². The van der Waals surface area contributed by atoms with Crippen LogP contribution in [0, 0.1) is 11.8 Å². The number of nitrogens with zero attached hydrogens (tertiary/aromatic N) is 4. The van der Waals surface area contributed by atoms with Gasteiger partial charge in [0, 0.05) is 26.6 Å². The molecule has 2 aromatic heterocycles. The Hall–Kier alpha value is -2.31. The van der Waals surface area contributed by atoms with Crippen molar-refractivity contribution in [3.8, 4) is 0 Å². The first-order chi connectivity index (χ1) is 13.7. The number of fused-ring (bicyclic) bond motifs is 1. The Morgan fingerprint density at radius 2 is 1.57 bits per heavy atom. The lowest BCUT2D eigenvalue weighted by atomic mass is 9.72. The summed E-state index contributed by atoms with van der Waals surface area (Å²) >= 11 is 0. The number of imidazole rings is 1. The van der Waals surface area contributed by atoms with Crippen LogP contribution in [0.5, 0.6) is 0 Å². The second-order valence-corrected chi connectivity index (χ2v) is 7.76. The van der Waals surface area contributed by atoms with Gasteiger partial charge in [0.1, 0.15) is 0 Å². The zero-order valence-electron chi connectivity index (χ0n) is 16.1. The zero-order chi connectivity index (χ0) is 22.6. The second kappa shape index (κ2) is 7.13. The number of alkyl halides is 6. The number of rotatable bonds is 3. The van der Waals surface area contributed by atoms with Crippen molar-refractivity contribution in [1.82, 2.24) is 18.7 Å². The molecular weight excluding hydrogens is 422 g/mol. The summed E-state index contributed by atoms with van der Waals surface area (Å²) in [6.07, 6.45) is -11.6. The monoisotopic (exact) mass is 442 g/mol. The molecule has 13 heteroatoms. The van der Waals surface area contributed by atoms with Gasteiger partial charge in [-0.1, -0.05) is 0 Å². The minimum Gasteiger partial charge on any atom is -0.373 e. The predicted molar refractivity (Wildman–Crippen MR) is 92.7 cm³/mol. The van der Waals surface area contributed by atoms with E-state index in [0.29, 0.717) is 0 Å². The van der Waals surface area contributed by atoms with Crippen LogP contribution in [0.15, 0.2) is 15.9 Å². The van der Waals surface area contributed by atoms with Crippen molar-refractivity contribution in [1.29, 1.82) is 0 Å². The number of aryl methyl sites for hydroxylation is 2. The van der Waals surface area contributed by atoms with Gasteiger partial charge in [0.25, 0.3) is 11.2 Å². The molecule has 0 aromatic carbocycles. The molecule has 0 spiro atoms. The molecule has 0 radical (unpaired) electrons. The summed E-state index contributed by atoms with van der Waals surface area (Å²) in [5.74, 6) is -2.53. The summed E-state index contributed by atoms with van der Waals surface area (Å²) in [6.45, 7) is -0.143. The van der Waals surface area contributed by atoms with Crippen molar-refractivity contribution in [2.75, 3.05) is 0 Å². The first kappa shape index (κ1) is 22.4. The number of aliphatic hydroxyl groups is 1. The van der Waals surface area contributed by atoms with Crippen LogP contribution in [0.25, 0.3) is 11.2 Å². The quantitative estimate of drug-likeness (QED) is 0.739. The largest absolute Gasteiger partial charge is 0.426 e. The van der Waals surface area contributed by atoms with Gasteiger partial charge in [-0.15, -0.1) is 0 Å². The van der Waals surface area contributed by atoms with Crippen LogP contribution in [-0.4, -0.2) is 41.7 Å². The van der Waals surface area contributed by atoms with E-state index in [0.717, 1.165) is 9.13 Å². The first-order valence-corrected chi connectivity index (χ1v) is 9.16. The molecular formula is C17H20F6N4O3. The molecule has 2 heterocycles. The molecule has 30 heavy (non-hydrogen) atoms. The van der Waals surface area contributed by atoms with Gasteiger partial charge in [-0.25, -0.2) is 9.78 Å². The van der Waals surface area contributed by atoms with E-state index < -0.39 is 53.9 Å². The Kier molecular flexibility index (Phi) is 5.32. The number of hydrogen-bond acceptors (Lipinski definition) is 4. The van der Waals surface area contributed by atoms with Gasteiger partial charge in [-0.05, 0) is 31.6 Å². The summed E-state index contributed by atoms with van der Waals surface area (Å²) in [7, 11) is 2.98. The van der Waals surface area contributed by atoms with E-state index in [1.54, 1.807) is 7.05 Å². The molecule has 1 aliphatic rings. The van der Waals surface area contributed by atoms with Crippen molar-refractivity contribution >= 4 is 11.2 Å². The first-order valence-electron chi connectivity index (χ1n) is 9.16. The topological polar surface area (TPSA) is 82.1 Å². The zero-order valence-corrected chi connectivity index (χ0v) is 16.1. The minimum atomic E-state index is -5.86. The Labute approximate surface area is 165 Å². The highest BCUT2D eigenvalue weighted by Crippen LogP contribution is 2.52. The van der Waals surface area contributed by atoms with Gasteiger partial charge < -0.3 is 9.67 Å². The summed E-state index contributed by atoms with van der Waals surface area (Å²) in [6, 6.07) is 0. The van der Waals surface area contributed by atoms with Crippen LogP contribution in [-0.2, 0) is 20.6 Å². The fourth-order valence-electron chi connectivity index (χ4n) is 4.20. The third kappa shape index (κ3) is 3.32. The van der Waals surface area contributed by atoms with Crippen LogP contribution < -0.4 is 11.2 Å². The molecule has 0 amide bonds. The average Bonchev–Trinajstić information content (AvgIpc) is 3.03. The van der Waals surface area contributed by atoms with Crippen molar-refractivity contribution in [2.45, 2.75) is 50.2 Å². The molecule has 3 rings (SSSR count). The van der Waals surface area contributed by atoms with Gasteiger partial charge >= 0.3 is 18.0 Å². The lowest BCUT2D eigenvalue weighted by Gasteiger charge is -2.41. The predicted octanol–water partition coefficient (Wildman–Crippen LogP) is 2.10. The van der Waals surface area contributed by atoms with Crippen LogP contribution in [0.3, 0.4) is 0 Å². The smallest absolute Gasteiger partial charge is 0.373 e. The molecule has 7 nitrogen and oxygen atoms in total. The molecule has 0 bridgehead atoms. The number of aromatic nitrogens is 4. The van der Waals surface area contributed by atoms with Crippen molar-refractivity contribution < 1.29 is 31.4 Å². The van der Waals surface area contributed by atoms with E-state index in [2.05, 4.69) is 4.98 Å². The van der Waals surface area contributed by atoms with Crippen molar-refractivity contribution in [3.63, 3.8) is 0 Å². The lowest BCUT2D eigenvalue weighted by Crippen LogP contribution is -2.62. The molecule has 1 aliphatic carbocycles. The minimum absolute atomic E-state index is 0.0991. The normalized spacial score (nSPS) is 21.4. The van der Waals surface area contributed by atoms with Crippen molar-refractivity contribution in [2.24, 2.45) is 25.9 Å². The Balaban J connectivity index is 1.84. The summed E-state index contributed by atoms with van der Waals surface area (Å²) in [4.78, 5) is 29.2. The molecule has 1 saturated carbocycles. The molecule has 1 N–H and O–H groups in total. The van der Waals surface area contributed by atoms with Crippen LogP contribution in [0.1, 0.15) is 25.7 Å². The van der Waals surface area contributed by atoms with Gasteiger partial charge in [0.05, 0.1) is 6.33 Å². The highest BCUT2D eigenvalue weighted by atomic mass is 19.4. The van der Waals surface area contributed by atoms with Gasteiger partial charge in [-0.3, -0.25) is 13.9 Å². The fourth-order valence-corrected chi connectivity index (χ4v) is 4.20. The molecule has 1 fully saturated rings. The third-order valence-corrected chi connectivity index (χ3v) is 5.94. The molecule has 0 saturated heterocycles. The fraction of sp³-hybridized carbons (Fsp3) is 0.706.